The van der Waals surface area contributed by atoms with Crippen LogP contribution in [0, 0.1) is 0 Å². The molecule has 1 rings (SSSR count). The number of rotatable bonds is 5. The summed E-state index contributed by atoms with van der Waals surface area (Å²) in [6.45, 7) is 2.83. The van der Waals surface area contributed by atoms with Crippen molar-refractivity contribution < 1.29 is 21.6 Å². The number of hydrogen-bond acceptors (Lipinski definition) is 3. The van der Waals surface area contributed by atoms with E-state index in [1.165, 1.54) is 0 Å². The van der Waals surface area contributed by atoms with Crippen molar-refractivity contribution in [2.75, 3.05) is 19.6 Å². The molecule has 9 heteroatoms. The highest BCUT2D eigenvalue weighted by molar-refractivity contribution is 7.87. The molecule has 0 aliphatic carbocycles. The molecular formula is C10H20F3N3O2S. The molecule has 2 atom stereocenters. The van der Waals surface area contributed by atoms with Crippen LogP contribution in [0.5, 0.6) is 0 Å². The van der Waals surface area contributed by atoms with E-state index < -0.39 is 22.9 Å². The molecule has 1 heterocycles. The van der Waals surface area contributed by atoms with Crippen LogP contribution >= 0.6 is 0 Å². The van der Waals surface area contributed by atoms with E-state index >= 15 is 0 Å². The Labute approximate surface area is 111 Å². The average Bonchev–Trinajstić information content (AvgIpc) is 2.35. The normalized spacial score (nSPS) is 26.6. The van der Waals surface area contributed by atoms with Gasteiger partial charge in [-0.1, -0.05) is 13.8 Å². The predicted molar refractivity (Wildman–Crippen MR) is 65.8 cm³/mol. The quantitative estimate of drug-likeness (QED) is 0.791. The van der Waals surface area contributed by atoms with Crippen molar-refractivity contribution in [2.45, 2.75) is 44.9 Å². The third-order valence-electron chi connectivity index (χ3n) is 3.18. The number of halogens is 3. The molecule has 0 amide bonds. The summed E-state index contributed by atoms with van der Waals surface area (Å²) in [6, 6.07) is -0.334. The maximum Gasteiger partial charge on any atom is 0.402 e. The van der Waals surface area contributed by atoms with Gasteiger partial charge in [-0.05, 0) is 12.8 Å². The lowest BCUT2D eigenvalue weighted by Gasteiger charge is -2.38. The van der Waals surface area contributed by atoms with Crippen LogP contribution in [0.2, 0.25) is 0 Å². The SMILES string of the molecule is CCC1CN(S(=O)(=O)NCC(F)(F)F)C(CC)CN1. The Morgan fingerprint density at radius 3 is 2.42 bits per heavy atom. The van der Waals surface area contributed by atoms with Crippen LogP contribution in [0.4, 0.5) is 13.2 Å². The van der Waals surface area contributed by atoms with Crippen LogP contribution in [0.25, 0.3) is 0 Å². The summed E-state index contributed by atoms with van der Waals surface area (Å²) in [5.74, 6) is 0. The van der Waals surface area contributed by atoms with Crippen LogP contribution in [0.15, 0.2) is 0 Å². The van der Waals surface area contributed by atoms with Gasteiger partial charge in [0.25, 0.3) is 10.2 Å². The summed E-state index contributed by atoms with van der Waals surface area (Å²) >= 11 is 0. The Morgan fingerprint density at radius 2 is 1.95 bits per heavy atom. The van der Waals surface area contributed by atoms with Crippen molar-refractivity contribution in [3.05, 3.63) is 0 Å². The third-order valence-corrected chi connectivity index (χ3v) is 4.75. The van der Waals surface area contributed by atoms with E-state index in [0.29, 0.717) is 13.0 Å². The van der Waals surface area contributed by atoms with E-state index in [9.17, 15) is 21.6 Å². The largest absolute Gasteiger partial charge is 0.402 e. The average molecular weight is 303 g/mol. The minimum atomic E-state index is -4.55. The van der Waals surface area contributed by atoms with Gasteiger partial charge in [0.15, 0.2) is 0 Å². The van der Waals surface area contributed by atoms with Crippen LogP contribution in [0.3, 0.4) is 0 Å². The highest BCUT2D eigenvalue weighted by atomic mass is 32.2. The molecular weight excluding hydrogens is 283 g/mol. The monoisotopic (exact) mass is 303 g/mol. The summed E-state index contributed by atoms with van der Waals surface area (Å²) in [6.07, 6.45) is -3.27. The van der Waals surface area contributed by atoms with Crippen LogP contribution in [-0.2, 0) is 10.2 Å². The molecule has 0 spiro atoms. The smallest absolute Gasteiger partial charge is 0.311 e. The van der Waals surface area contributed by atoms with Gasteiger partial charge in [-0.15, -0.1) is 0 Å². The number of nitrogens with zero attached hydrogens (tertiary/aromatic N) is 1. The van der Waals surface area contributed by atoms with E-state index in [1.54, 1.807) is 4.72 Å². The summed E-state index contributed by atoms with van der Waals surface area (Å²) in [4.78, 5) is 0. The zero-order valence-electron chi connectivity index (χ0n) is 11.0. The van der Waals surface area contributed by atoms with Crippen molar-refractivity contribution in [2.24, 2.45) is 0 Å². The second kappa shape index (κ2) is 6.38. The Kier molecular flexibility index (Phi) is 5.60. The second-order valence-electron chi connectivity index (χ2n) is 4.59. The Bertz CT molecular complexity index is 386. The topological polar surface area (TPSA) is 61.4 Å². The van der Waals surface area contributed by atoms with E-state index in [1.807, 2.05) is 13.8 Å². The molecule has 0 radical (unpaired) electrons. The summed E-state index contributed by atoms with van der Waals surface area (Å²) in [5.41, 5.74) is 0. The molecule has 0 bridgehead atoms. The van der Waals surface area contributed by atoms with Gasteiger partial charge in [-0.2, -0.15) is 30.6 Å². The van der Waals surface area contributed by atoms with Gasteiger partial charge in [0, 0.05) is 25.2 Å². The molecule has 114 valence electrons. The van der Waals surface area contributed by atoms with Crippen LogP contribution in [0.1, 0.15) is 26.7 Å². The number of piperazine rings is 1. The van der Waals surface area contributed by atoms with Crippen molar-refractivity contribution in [1.29, 1.82) is 0 Å². The maximum atomic E-state index is 12.1. The Morgan fingerprint density at radius 1 is 1.32 bits per heavy atom. The highest BCUT2D eigenvalue weighted by Crippen LogP contribution is 2.18. The summed E-state index contributed by atoms with van der Waals surface area (Å²) in [5, 5.41) is 3.19. The first-order chi connectivity index (χ1) is 8.69. The van der Waals surface area contributed by atoms with Gasteiger partial charge in [0.1, 0.15) is 6.54 Å². The van der Waals surface area contributed by atoms with Crippen molar-refractivity contribution >= 4 is 10.2 Å². The van der Waals surface area contributed by atoms with Crippen LogP contribution in [-0.4, -0.2) is 50.6 Å². The molecule has 5 nitrogen and oxygen atoms in total. The van der Waals surface area contributed by atoms with Gasteiger partial charge in [-0.25, -0.2) is 0 Å². The fraction of sp³-hybridized carbons (Fsp3) is 1.00. The Hall–Kier alpha value is -0.380. The predicted octanol–water partition coefficient (Wildman–Crippen LogP) is 0.846. The molecule has 0 saturated carbocycles. The zero-order valence-corrected chi connectivity index (χ0v) is 11.8. The molecule has 0 aromatic rings. The lowest BCUT2D eigenvalue weighted by Crippen LogP contribution is -2.60. The molecule has 1 saturated heterocycles. The minimum Gasteiger partial charge on any atom is -0.311 e. The lowest BCUT2D eigenvalue weighted by atomic mass is 10.1. The number of nitrogens with one attached hydrogen (secondary N) is 2. The fourth-order valence-electron chi connectivity index (χ4n) is 2.01. The minimum absolute atomic E-state index is 0.0229. The highest BCUT2D eigenvalue weighted by Gasteiger charge is 2.37. The first-order valence-corrected chi connectivity index (χ1v) is 7.70. The number of hydrogen-bond donors (Lipinski definition) is 2. The first-order valence-electron chi connectivity index (χ1n) is 6.26. The fourth-order valence-corrected chi connectivity index (χ4v) is 3.51. The molecule has 2 unspecified atom stereocenters. The second-order valence-corrected chi connectivity index (χ2v) is 6.29. The third kappa shape index (κ3) is 4.90. The van der Waals surface area contributed by atoms with E-state index in [-0.39, 0.29) is 18.6 Å². The summed E-state index contributed by atoms with van der Waals surface area (Å²) < 4.78 is 63.0. The standard InChI is InChI=1S/C10H20F3N3O2S/c1-3-8-6-16(9(4-2)5-14-8)19(17,18)15-7-10(11,12)13/h8-9,14-15H,3-7H2,1-2H3. The molecule has 1 fully saturated rings. The lowest BCUT2D eigenvalue weighted by molar-refractivity contribution is -0.121. The van der Waals surface area contributed by atoms with E-state index in [4.69, 9.17) is 0 Å². The van der Waals surface area contributed by atoms with Crippen molar-refractivity contribution in [3.63, 3.8) is 0 Å². The maximum absolute atomic E-state index is 12.1. The van der Waals surface area contributed by atoms with Gasteiger partial charge in [0.2, 0.25) is 0 Å². The van der Waals surface area contributed by atoms with E-state index in [2.05, 4.69) is 5.32 Å². The zero-order chi connectivity index (χ0) is 14.7. The summed E-state index contributed by atoms with van der Waals surface area (Å²) in [7, 11) is -4.10. The first kappa shape index (κ1) is 16.7. The van der Waals surface area contributed by atoms with Gasteiger partial charge < -0.3 is 5.32 Å². The van der Waals surface area contributed by atoms with Gasteiger partial charge >= 0.3 is 6.18 Å². The van der Waals surface area contributed by atoms with Crippen LogP contribution < -0.4 is 10.0 Å². The molecule has 2 N–H and O–H groups in total. The molecule has 0 aromatic carbocycles. The van der Waals surface area contributed by atoms with Gasteiger partial charge in [-0.3, -0.25) is 0 Å². The number of alkyl halides is 3. The molecule has 1 aliphatic rings. The molecule has 0 aromatic heterocycles. The van der Waals surface area contributed by atoms with Crippen molar-refractivity contribution in [1.82, 2.24) is 14.3 Å². The van der Waals surface area contributed by atoms with Gasteiger partial charge in [0.05, 0.1) is 0 Å². The van der Waals surface area contributed by atoms with E-state index in [0.717, 1.165) is 10.7 Å². The molecule has 1 aliphatic heterocycles. The van der Waals surface area contributed by atoms with Crippen molar-refractivity contribution in [3.8, 4) is 0 Å². The Balaban J connectivity index is 2.77. The molecule has 19 heavy (non-hydrogen) atoms.